The molecule has 27 heavy (non-hydrogen) atoms. The van der Waals surface area contributed by atoms with Crippen LogP contribution < -0.4 is 10.2 Å². The summed E-state index contributed by atoms with van der Waals surface area (Å²) in [5.41, 5.74) is 1.77. The number of benzene rings is 1. The molecule has 2 N–H and O–H groups in total. The van der Waals surface area contributed by atoms with E-state index in [-0.39, 0.29) is 18.0 Å². The molecule has 0 aromatic heterocycles. The first kappa shape index (κ1) is 19.8. The van der Waals surface area contributed by atoms with Crippen LogP contribution in [-0.2, 0) is 14.8 Å². The number of nitrogens with one attached hydrogen (secondary N) is 2. The highest BCUT2D eigenvalue weighted by Gasteiger charge is 2.38. The Labute approximate surface area is 160 Å². The second-order valence-corrected chi connectivity index (χ2v) is 9.18. The van der Waals surface area contributed by atoms with Crippen molar-refractivity contribution in [3.63, 3.8) is 0 Å². The van der Waals surface area contributed by atoms with Crippen LogP contribution in [0, 0.1) is 13.8 Å². The van der Waals surface area contributed by atoms with Crippen LogP contribution in [0.2, 0.25) is 0 Å². The lowest BCUT2D eigenvalue weighted by molar-refractivity contribution is -0.917. The van der Waals surface area contributed by atoms with E-state index >= 15 is 0 Å². The number of carbonyl (C=O) groups is 2. The molecule has 0 unspecified atom stereocenters. The maximum absolute atomic E-state index is 13.0. The number of nitrogens with zero attached hydrogens (tertiary/aromatic N) is 2. The third-order valence-corrected chi connectivity index (χ3v) is 7.48. The first-order valence-electron chi connectivity index (χ1n) is 9.23. The van der Waals surface area contributed by atoms with E-state index in [1.54, 1.807) is 13.0 Å². The van der Waals surface area contributed by atoms with Crippen LogP contribution in [0.1, 0.15) is 18.1 Å². The molecule has 2 saturated heterocycles. The Morgan fingerprint density at radius 2 is 1.85 bits per heavy atom. The lowest BCUT2D eigenvalue weighted by Crippen LogP contribution is -3.19. The summed E-state index contributed by atoms with van der Waals surface area (Å²) >= 11 is 0. The van der Waals surface area contributed by atoms with Gasteiger partial charge in [-0.3, -0.25) is 9.69 Å². The van der Waals surface area contributed by atoms with Crippen molar-refractivity contribution in [2.75, 3.05) is 39.3 Å². The molecule has 3 amide bonds. The molecule has 2 aliphatic heterocycles. The third-order valence-electron chi connectivity index (χ3n) is 5.42. The number of carbonyl (C=O) groups excluding carboxylic acids is 2. The number of imide groups is 1. The average Bonchev–Trinajstić information content (AvgIpc) is 3.06. The second-order valence-electron chi connectivity index (χ2n) is 7.27. The van der Waals surface area contributed by atoms with E-state index in [2.05, 4.69) is 5.32 Å². The molecule has 3 rings (SSSR count). The molecule has 0 spiro atoms. The molecule has 1 aromatic rings. The lowest BCUT2D eigenvalue weighted by Gasteiger charge is -2.35. The number of aryl methyl sites for hydroxylation is 2. The van der Waals surface area contributed by atoms with E-state index in [1.165, 1.54) is 9.21 Å². The van der Waals surface area contributed by atoms with Gasteiger partial charge in [-0.15, -0.1) is 0 Å². The van der Waals surface area contributed by atoms with Crippen LogP contribution in [0.15, 0.2) is 23.1 Å². The Balaban J connectivity index is 1.66. The fourth-order valence-electron chi connectivity index (χ4n) is 3.76. The summed E-state index contributed by atoms with van der Waals surface area (Å²) in [4.78, 5) is 26.8. The number of quaternary nitrogens is 1. The zero-order chi connectivity index (χ0) is 19.8. The predicted molar refractivity (Wildman–Crippen MR) is 99.9 cm³/mol. The number of rotatable bonds is 4. The summed E-state index contributed by atoms with van der Waals surface area (Å²) in [5, 5.41) is 2.63. The normalized spacial score (nSPS) is 20.6. The second kappa shape index (κ2) is 7.57. The molecule has 0 bridgehead atoms. The highest BCUT2D eigenvalue weighted by molar-refractivity contribution is 7.89. The highest BCUT2D eigenvalue weighted by Crippen LogP contribution is 2.21. The zero-order valence-corrected chi connectivity index (χ0v) is 16.8. The fourth-order valence-corrected chi connectivity index (χ4v) is 5.41. The molecule has 1 aromatic carbocycles. The lowest BCUT2D eigenvalue weighted by atomic mass is 10.2. The standard InChI is InChI=1S/C18H26N4O4S/c1-13-4-5-16(14(2)12-13)27(25,26)21-10-8-20(9-11-21)15(3)17(23)22-7-6-19-18(22)24/h4-5,12,15H,6-11H2,1-3H3,(H,19,24)/p+1/t15-/m1/s1. The van der Waals surface area contributed by atoms with Gasteiger partial charge in [-0.1, -0.05) is 17.7 Å². The monoisotopic (exact) mass is 395 g/mol. The summed E-state index contributed by atoms with van der Waals surface area (Å²) < 4.78 is 27.4. The van der Waals surface area contributed by atoms with Crippen molar-refractivity contribution in [2.24, 2.45) is 0 Å². The summed E-state index contributed by atoms with van der Waals surface area (Å²) in [6.45, 7) is 8.20. The minimum absolute atomic E-state index is 0.203. The van der Waals surface area contributed by atoms with Gasteiger partial charge < -0.3 is 10.2 Å². The number of hydrogen-bond donors (Lipinski definition) is 2. The van der Waals surface area contributed by atoms with E-state index in [0.29, 0.717) is 44.2 Å². The Morgan fingerprint density at radius 3 is 2.41 bits per heavy atom. The minimum Gasteiger partial charge on any atom is -0.336 e. The molecule has 1 atom stereocenters. The van der Waals surface area contributed by atoms with Crippen LogP contribution in [-0.4, -0.2) is 74.9 Å². The van der Waals surface area contributed by atoms with Gasteiger partial charge in [0.1, 0.15) is 0 Å². The highest BCUT2D eigenvalue weighted by atomic mass is 32.2. The smallest absolute Gasteiger partial charge is 0.324 e. The molecule has 2 fully saturated rings. The van der Waals surface area contributed by atoms with Crippen LogP contribution >= 0.6 is 0 Å². The van der Waals surface area contributed by atoms with Crippen LogP contribution in [0.25, 0.3) is 0 Å². The van der Waals surface area contributed by atoms with Gasteiger partial charge in [-0.05, 0) is 32.4 Å². The zero-order valence-electron chi connectivity index (χ0n) is 16.0. The number of urea groups is 1. The molecule has 0 radical (unpaired) electrons. The molecular weight excluding hydrogens is 368 g/mol. The summed E-state index contributed by atoms with van der Waals surface area (Å²) in [6.07, 6.45) is 0. The van der Waals surface area contributed by atoms with E-state index in [9.17, 15) is 18.0 Å². The third kappa shape index (κ3) is 3.85. The maximum atomic E-state index is 13.0. The van der Waals surface area contributed by atoms with Crippen LogP contribution in [0.4, 0.5) is 4.79 Å². The van der Waals surface area contributed by atoms with E-state index in [4.69, 9.17) is 0 Å². The summed E-state index contributed by atoms with van der Waals surface area (Å²) in [5.74, 6) is -0.203. The van der Waals surface area contributed by atoms with Crippen molar-refractivity contribution in [1.29, 1.82) is 0 Å². The number of piperazine rings is 1. The summed E-state index contributed by atoms with van der Waals surface area (Å²) in [6, 6.07) is 4.62. The van der Waals surface area contributed by atoms with Gasteiger partial charge in [0.2, 0.25) is 10.0 Å². The Kier molecular flexibility index (Phi) is 5.55. The number of amides is 3. The van der Waals surface area contributed by atoms with Gasteiger partial charge in [0, 0.05) is 13.1 Å². The SMILES string of the molecule is Cc1ccc(S(=O)(=O)N2CC[NH+]([C@H](C)C(=O)N3CCNC3=O)CC2)c(C)c1. The van der Waals surface area contributed by atoms with Crippen molar-refractivity contribution in [3.05, 3.63) is 29.3 Å². The molecule has 148 valence electrons. The van der Waals surface area contributed by atoms with Crippen molar-refractivity contribution in [3.8, 4) is 0 Å². The average molecular weight is 396 g/mol. The van der Waals surface area contributed by atoms with Gasteiger partial charge in [-0.25, -0.2) is 13.2 Å². The first-order chi connectivity index (χ1) is 12.7. The van der Waals surface area contributed by atoms with Gasteiger partial charge in [0.25, 0.3) is 5.91 Å². The molecule has 8 nitrogen and oxygen atoms in total. The van der Waals surface area contributed by atoms with Crippen LogP contribution in [0.5, 0.6) is 0 Å². The summed E-state index contributed by atoms with van der Waals surface area (Å²) in [7, 11) is -3.54. The first-order valence-corrected chi connectivity index (χ1v) is 10.7. The van der Waals surface area contributed by atoms with Crippen molar-refractivity contribution in [1.82, 2.24) is 14.5 Å². The van der Waals surface area contributed by atoms with Crippen molar-refractivity contribution < 1.29 is 22.9 Å². The molecule has 9 heteroatoms. The van der Waals surface area contributed by atoms with Gasteiger partial charge >= 0.3 is 6.03 Å². The maximum Gasteiger partial charge on any atom is 0.324 e. The van der Waals surface area contributed by atoms with E-state index in [0.717, 1.165) is 16.0 Å². The topological polar surface area (TPSA) is 91.2 Å². The number of hydrogen-bond acceptors (Lipinski definition) is 4. The predicted octanol–water partition coefficient (Wildman–Crippen LogP) is -0.867. The number of sulfonamides is 1. The fraction of sp³-hybridized carbons (Fsp3) is 0.556. The molecule has 0 aliphatic carbocycles. The molecule has 2 heterocycles. The van der Waals surface area contributed by atoms with E-state index < -0.39 is 10.0 Å². The van der Waals surface area contributed by atoms with Gasteiger partial charge in [0.15, 0.2) is 6.04 Å². The largest absolute Gasteiger partial charge is 0.336 e. The van der Waals surface area contributed by atoms with Crippen molar-refractivity contribution >= 4 is 22.0 Å². The Morgan fingerprint density at radius 1 is 1.19 bits per heavy atom. The molecule has 2 aliphatic rings. The molecular formula is C18H27N4O4S+. The van der Waals surface area contributed by atoms with Gasteiger partial charge in [-0.2, -0.15) is 4.31 Å². The van der Waals surface area contributed by atoms with Gasteiger partial charge in [0.05, 0.1) is 31.1 Å². The Bertz CT molecular complexity index is 847. The van der Waals surface area contributed by atoms with Crippen molar-refractivity contribution in [2.45, 2.75) is 31.7 Å². The Hall–Kier alpha value is -1.97. The van der Waals surface area contributed by atoms with E-state index in [1.807, 2.05) is 26.0 Å². The quantitative estimate of drug-likeness (QED) is 0.694. The van der Waals surface area contributed by atoms with Crippen LogP contribution in [0.3, 0.4) is 0 Å². The molecule has 0 saturated carbocycles. The minimum atomic E-state index is -3.54.